The maximum Gasteiger partial charge on any atom is 0.0692 e. The van der Waals surface area contributed by atoms with Crippen molar-refractivity contribution in [1.82, 2.24) is 5.32 Å². The highest BCUT2D eigenvalue weighted by atomic mass is 16.5. The van der Waals surface area contributed by atoms with Crippen molar-refractivity contribution in [2.75, 3.05) is 13.2 Å². The molecular weight excluding hydrogens is 250 g/mol. The molecule has 0 aromatic rings. The van der Waals surface area contributed by atoms with Gasteiger partial charge in [0.2, 0.25) is 0 Å². The Morgan fingerprint density at radius 3 is 2.30 bits per heavy atom. The standard InChI is InChI=1S/C17H35NO2/c1-7-13(8-2)14(19)10-18-15-9-16(17(15,5)6)20-11-12(3)4/h12-16,18-19H,7-11H2,1-6H3. The average Bonchev–Trinajstić information content (AvgIpc) is 2.37. The largest absolute Gasteiger partial charge is 0.392 e. The first kappa shape index (κ1) is 17.9. The third kappa shape index (κ3) is 4.44. The van der Waals surface area contributed by atoms with Crippen LogP contribution in [-0.2, 0) is 4.74 Å². The predicted molar refractivity (Wildman–Crippen MR) is 84.8 cm³/mol. The first-order valence-corrected chi connectivity index (χ1v) is 8.35. The molecule has 0 bridgehead atoms. The van der Waals surface area contributed by atoms with Gasteiger partial charge in [-0.1, -0.05) is 54.4 Å². The van der Waals surface area contributed by atoms with E-state index in [0.717, 1.165) is 25.9 Å². The van der Waals surface area contributed by atoms with Crippen LogP contribution >= 0.6 is 0 Å². The summed E-state index contributed by atoms with van der Waals surface area (Å²) in [6.45, 7) is 14.8. The number of aliphatic hydroxyl groups excluding tert-OH is 1. The van der Waals surface area contributed by atoms with Gasteiger partial charge >= 0.3 is 0 Å². The smallest absolute Gasteiger partial charge is 0.0692 e. The van der Waals surface area contributed by atoms with Gasteiger partial charge in [-0.15, -0.1) is 0 Å². The monoisotopic (exact) mass is 285 g/mol. The molecule has 2 N–H and O–H groups in total. The molecule has 1 rings (SSSR count). The quantitative estimate of drug-likeness (QED) is 0.683. The molecule has 1 saturated carbocycles. The van der Waals surface area contributed by atoms with Crippen molar-refractivity contribution in [3.63, 3.8) is 0 Å². The SMILES string of the molecule is CCC(CC)C(O)CNC1CC(OCC(C)C)C1(C)C. The Bertz CT molecular complexity index is 274. The zero-order chi connectivity index (χ0) is 15.3. The van der Waals surface area contributed by atoms with Crippen LogP contribution in [0, 0.1) is 17.3 Å². The summed E-state index contributed by atoms with van der Waals surface area (Å²) in [4.78, 5) is 0. The van der Waals surface area contributed by atoms with Crippen LogP contribution in [0.1, 0.15) is 60.8 Å². The third-order valence-corrected chi connectivity index (χ3v) is 4.97. The zero-order valence-electron chi connectivity index (χ0n) is 14.3. The lowest BCUT2D eigenvalue weighted by Crippen LogP contribution is -2.62. The molecule has 0 heterocycles. The first-order chi connectivity index (χ1) is 9.32. The summed E-state index contributed by atoms with van der Waals surface area (Å²) in [5.74, 6) is 1.01. The Kier molecular flexibility index (Phi) is 6.96. The van der Waals surface area contributed by atoms with Gasteiger partial charge in [-0.05, 0) is 18.3 Å². The molecule has 3 nitrogen and oxygen atoms in total. The number of rotatable bonds is 9. The van der Waals surface area contributed by atoms with E-state index < -0.39 is 0 Å². The molecule has 120 valence electrons. The van der Waals surface area contributed by atoms with E-state index in [-0.39, 0.29) is 11.5 Å². The van der Waals surface area contributed by atoms with Crippen LogP contribution in [0.25, 0.3) is 0 Å². The summed E-state index contributed by atoms with van der Waals surface area (Å²) in [6, 6.07) is 0.462. The normalized spacial score (nSPS) is 26.9. The molecule has 3 unspecified atom stereocenters. The molecule has 20 heavy (non-hydrogen) atoms. The Balaban J connectivity index is 2.33. The number of hydrogen-bond acceptors (Lipinski definition) is 3. The van der Waals surface area contributed by atoms with Gasteiger partial charge < -0.3 is 15.2 Å². The molecule has 1 aliphatic rings. The molecule has 0 spiro atoms. The van der Waals surface area contributed by atoms with E-state index in [1.165, 1.54) is 0 Å². The van der Waals surface area contributed by atoms with Gasteiger partial charge in [-0.25, -0.2) is 0 Å². The highest BCUT2D eigenvalue weighted by molar-refractivity contribution is 5.03. The molecule has 0 aromatic heterocycles. The fraction of sp³-hybridized carbons (Fsp3) is 1.00. The fourth-order valence-corrected chi connectivity index (χ4v) is 3.09. The second kappa shape index (κ2) is 7.77. The van der Waals surface area contributed by atoms with Crippen LogP contribution in [0.5, 0.6) is 0 Å². The van der Waals surface area contributed by atoms with Crippen molar-refractivity contribution in [2.24, 2.45) is 17.3 Å². The molecule has 0 radical (unpaired) electrons. The molecule has 0 saturated heterocycles. The van der Waals surface area contributed by atoms with Crippen molar-refractivity contribution in [1.29, 1.82) is 0 Å². The third-order valence-electron chi connectivity index (χ3n) is 4.97. The minimum Gasteiger partial charge on any atom is -0.392 e. The fourth-order valence-electron chi connectivity index (χ4n) is 3.09. The molecule has 3 atom stereocenters. The average molecular weight is 285 g/mol. The summed E-state index contributed by atoms with van der Waals surface area (Å²) in [5, 5.41) is 13.7. The highest BCUT2D eigenvalue weighted by Gasteiger charge is 2.48. The van der Waals surface area contributed by atoms with Crippen LogP contribution in [0.4, 0.5) is 0 Å². The maximum absolute atomic E-state index is 10.2. The predicted octanol–water partition coefficient (Wildman–Crippen LogP) is 3.21. The van der Waals surface area contributed by atoms with Crippen LogP contribution < -0.4 is 5.32 Å². The van der Waals surface area contributed by atoms with E-state index in [1.807, 2.05) is 0 Å². The van der Waals surface area contributed by atoms with E-state index in [9.17, 15) is 5.11 Å². The van der Waals surface area contributed by atoms with E-state index in [0.29, 0.717) is 30.5 Å². The zero-order valence-corrected chi connectivity index (χ0v) is 14.3. The number of hydrogen-bond donors (Lipinski definition) is 2. The Morgan fingerprint density at radius 1 is 1.25 bits per heavy atom. The van der Waals surface area contributed by atoms with Crippen LogP contribution in [0.2, 0.25) is 0 Å². The molecule has 0 aliphatic heterocycles. The van der Waals surface area contributed by atoms with Crippen LogP contribution in [-0.4, -0.2) is 36.5 Å². The van der Waals surface area contributed by atoms with Gasteiger partial charge in [-0.3, -0.25) is 0 Å². The molecular formula is C17H35NO2. The van der Waals surface area contributed by atoms with Crippen molar-refractivity contribution in [3.05, 3.63) is 0 Å². The molecule has 0 amide bonds. The molecule has 3 heteroatoms. The lowest BCUT2D eigenvalue weighted by atomic mass is 9.64. The summed E-state index contributed by atoms with van der Waals surface area (Å²) in [6.07, 6.45) is 3.29. The molecule has 1 fully saturated rings. The van der Waals surface area contributed by atoms with Crippen molar-refractivity contribution < 1.29 is 9.84 Å². The van der Waals surface area contributed by atoms with Crippen molar-refractivity contribution >= 4 is 0 Å². The van der Waals surface area contributed by atoms with Gasteiger partial charge in [0, 0.05) is 24.6 Å². The number of ether oxygens (including phenoxy) is 1. The van der Waals surface area contributed by atoms with E-state index in [1.54, 1.807) is 0 Å². The number of aliphatic hydroxyl groups is 1. The Labute approximate surface area is 125 Å². The van der Waals surface area contributed by atoms with Crippen molar-refractivity contribution in [3.8, 4) is 0 Å². The van der Waals surface area contributed by atoms with E-state index >= 15 is 0 Å². The second-order valence-electron chi connectivity index (χ2n) is 7.38. The van der Waals surface area contributed by atoms with Crippen molar-refractivity contribution in [2.45, 2.75) is 79.1 Å². The van der Waals surface area contributed by atoms with Gasteiger partial charge in [0.25, 0.3) is 0 Å². The Hall–Kier alpha value is -0.120. The van der Waals surface area contributed by atoms with Gasteiger partial charge in [-0.2, -0.15) is 0 Å². The summed E-state index contributed by atoms with van der Waals surface area (Å²) >= 11 is 0. The van der Waals surface area contributed by atoms with Gasteiger partial charge in [0.05, 0.1) is 12.2 Å². The minimum atomic E-state index is -0.226. The summed E-state index contributed by atoms with van der Waals surface area (Å²) < 4.78 is 5.98. The van der Waals surface area contributed by atoms with E-state index in [2.05, 4.69) is 46.9 Å². The lowest BCUT2D eigenvalue weighted by Gasteiger charge is -2.52. The highest BCUT2D eigenvalue weighted by Crippen LogP contribution is 2.43. The summed E-state index contributed by atoms with van der Waals surface area (Å²) in [5.41, 5.74) is 0.169. The van der Waals surface area contributed by atoms with Crippen LogP contribution in [0.15, 0.2) is 0 Å². The Morgan fingerprint density at radius 2 is 1.85 bits per heavy atom. The first-order valence-electron chi connectivity index (χ1n) is 8.35. The minimum absolute atomic E-state index is 0.169. The molecule has 1 aliphatic carbocycles. The lowest BCUT2D eigenvalue weighted by molar-refractivity contribution is -0.125. The number of nitrogens with one attached hydrogen (secondary N) is 1. The molecule has 0 aromatic carbocycles. The van der Waals surface area contributed by atoms with E-state index in [4.69, 9.17) is 4.74 Å². The van der Waals surface area contributed by atoms with Gasteiger partial charge in [0.15, 0.2) is 0 Å². The van der Waals surface area contributed by atoms with Gasteiger partial charge in [0.1, 0.15) is 0 Å². The van der Waals surface area contributed by atoms with Crippen LogP contribution in [0.3, 0.4) is 0 Å². The maximum atomic E-state index is 10.2. The second-order valence-corrected chi connectivity index (χ2v) is 7.38. The summed E-state index contributed by atoms with van der Waals surface area (Å²) in [7, 11) is 0. The topological polar surface area (TPSA) is 41.5 Å².